The highest BCUT2D eigenvalue weighted by Gasteiger charge is 2.03. The molecule has 0 aliphatic rings. The van der Waals surface area contributed by atoms with E-state index in [-0.39, 0.29) is 5.91 Å². The molecule has 1 heterocycles. The van der Waals surface area contributed by atoms with Gasteiger partial charge in [-0.05, 0) is 52.2 Å². The van der Waals surface area contributed by atoms with Gasteiger partial charge >= 0.3 is 0 Å². The molecule has 0 unspecified atom stereocenters. The van der Waals surface area contributed by atoms with E-state index in [2.05, 4.69) is 26.2 Å². The second-order valence-electron chi connectivity index (χ2n) is 4.51. The van der Waals surface area contributed by atoms with Crippen LogP contribution in [0.5, 0.6) is 5.75 Å². The van der Waals surface area contributed by atoms with Crippen molar-refractivity contribution in [1.29, 1.82) is 0 Å². The standard InChI is InChI=1S/C16H17BrN2O2/c17-14-4-1-2-5-15(14)21-11-3-6-16(20)19-12-13-7-9-18-10-8-13/h1-2,4-5,7-10H,3,6,11-12H2,(H,19,20). The summed E-state index contributed by atoms with van der Waals surface area (Å²) in [4.78, 5) is 15.6. The van der Waals surface area contributed by atoms with Crippen LogP contribution in [0.15, 0.2) is 53.3 Å². The lowest BCUT2D eigenvalue weighted by Crippen LogP contribution is -2.22. The van der Waals surface area contributed by atoms with Gasteiger partial charge in [-0.15, -0.1) is 0 Å². The number of para-hydroxylation sites is 1. The molecule has 4 nitrogen and oxygen atoms in total. The molecule has 0 fully saturated rings. The lowest BCUT2D eigenvalue weighted by molar-refractivity contribution is -0.121. The average molecular weight is 349 g/mol. The highest BCUT2D eigenvalue weighted by atomic mass is 79.9. The Morgan fingerprint density at radius 1 is 1.19 bits per heavy atom. The predicted octanol–water partition coefficient (Wildman–Crippen LogP) is 3.32. The van der Waals surface area contributed by atoms with Gasteiger partial charge in [0.05, 0.1) is 11.1 Å². The van der Waals surface area contributed by atoms with E-state index in [0.29, 0.717) is 26.0 Å². The molecule has 2 rings (SSSR count). The fraction of sp³-hybridized carbons (Fsp3) is 0.250. The molecule has 2 aromatic rings. The van der Waals surface area contributed by atoms with Crippen LogP contribution in [0.25, 0.3) is 0 Å². The van der Waals surface area contributed by atoms with Crippen molar-refractivity contribution in [3.05, 3.63) is 58.8 Å². The quantitative estimate of drug-likeness (QED) is 0.781. The summed E-state index contributed by atoms with van der Waals surface area (Å²) >= 11 is 3.42. The fourth-order valence-electron chi connectivity index (χ4n) is 1.77. The number of carbonyl (C=O) groups is 1. The number of halogens is 1. The second kappa shape index (κ2) is 8.42. The molecule has 1 aromatic carbocycles. The topological polar surface area (TPSA) is 51.2 Å². The Morgan fingerprint density at radius 2 is 1.95 bits per heavy atom. The van der Waals surface area contributed by atoms with Gasteiger partial charge in [0.2, 0.25) is 5.91 Å². The minimum Gasteiger partial charge on any atom is -0.492 e. The Balaban J connectivity index is 1.62. The van der Waals surface area contributed by atoms with Crippen LogP contribution in [0.3, 0.4) is 0 Å². The molecule has 0 spiro atoms. The first-order valence-corrected chi connectivity index (χ1v) is 7.58. The third kappa shape index (κ3) is 5.55. The van der Waals surface area contributed by atoms with Crippen LogP contribution in [0, 0.1) is 0 Å². The zero-order valence-corrected chi connectivity index (χ0v) is 13.2. The van der Waals surface area contributed by atoms with Crippen LogP contribution in [0.4, 0.5) is 0 Å². The molecule has 1 amide bonds. The van der Waals surface area contributed by atoms with Crippen molar-refractivity contribution >= 4 is 21.8 Å². The van der Waals surface area contributed by atoms with Gasteiger partial charge in [-0.25, -0.2) is 0 Å². The zero-order valence-electron chi connectivity index (χ0n) is 11.6. The molecule has 1 N–H and O–H groups in total. The summed E-state index contributed by atoms with van der Waals surface area (Å²) in [5.41, 5.74) is 1.04. The van der Waals surface area contributed by atoms with Crippen molar-refractivity contribution in [2.75, 3.05) is 6.61 Å². The third-order valence-electron chi connectivity index (χ3n) is 2.88. The van der Waals surface area contributed by atoms with E-state index < -0.39 is 0 Å². The lowest BCUT2D eigenvalue weighted by atomic mass is 10.2. The van der Waals surface area contributed by atoms with Gasteiger partial charge in [-0.2, -0.15) is 0 Å². The van der Waals surface area contributed by atoms with E-state index >= 15 is 0 Å². The number of amides is 1. The van der Waals surface area contributed by atoms with E-state index in [0.717, 1.165) is 15.8 Å². The van der Waals surface area contributed by atoms with E-state index in [1.165, 1.54) is 0 Å². The zero-order chi connectivity index (χ0) is 14.9. The number of ether oxygens (including phenoxy) is 1. The molecule has 0 saturated heterocycles. The number of hydrogen-bond acceptors (Lipinski definition) is 3. The number of rotatable bonds is 7. The number of nitrogens with one attached hydrogen (secondary N) is 1. The van der Waals surface area contributed by atoms with Crippen LogP contribution in [0.1, 0.15) is 18.4 Å². The molecule has 21 heavy (non-hydrogen) atoms. The summed E-state index contributed by atoms with van der Waals surface area (Å²) in [6.45, 7) is 1.05. The molecule has 0 bridgehead atoms. The molecule has 0 radical (unpaired) electrons. The maximum absolute atomic E-state index is 11.7. The number of pyridine rings is 1. The Hall–Kier alpha value is -1.88. The van der Waals surface area contributed by atoms with Gasteiger partial charge in [0, 0.05) is 25.4 Å². The maximum atomic E-state index is 11.7. The summed E-state index contributed by atoms with van der Waals surface area (Å²) < 4.78 is 6.54. The number of aromatic nitrogens is 1. The highest BCUT2D eigenvalue weighted by molar-refractivity contribution is 9.10. The summed E-state index contributed by atoms with van der Waals surface area (Å²) in [5.74, 6) is 0.831. The lowest BCUT2D eigenvalue weighted by Gasteiger charge is -2.08. The van der Waals surface area contributed by atoms with Gasteiger partial charge in [0.15, 0.2) is 0 Å². The highest BCUT2D eigenvalue weighted by Crippen LogP contribution is 2.23. The fourth-order valence-corrected chi connectivity index (χ4v) is 2.17. The normalized spacial score (nSPS) is 10.1. The predicted molar refractivity (Wildman–Crippen MR) is 85.0 cm³/mol. The summed E-state index contributed by atoms with van der Waals surface area (Å²) in [7, 11) is 0. The molecule has 0 saturated carbocycles. The molecular weight excluding hydrogens is 332 g/mol. The first-order valence-electron chi connectivity index (χ1n) is 6.78. The number of nitrogens with zero attached hydrogens (tertiary/aromatic N) is 1. The van der Waals surface area contributed by atoms with Crippen LogP contribution in [-0.4, -0.2) is 17.5 Å². The van der Waals surface area contributed by atoms with Crippen LogP contribution >= 0.6 is 15.9 Å². The molecule has 0 aliphatic heterocycles. The molecule has 110 valence electrons. The first-order chi connectivity index (χ1) is 10.3. The van der Waals surface area contributed by atoms with Gasteiger partial charge in [0.25, 0.3) is 0 Å². The van der Waals surface area contributed by atoms with Gasteiger partial charge < -0.3 is 10.1 Å². The van der Waals surface area contributed by atoms with Crippen LogP contribution < -0.4 is 10.1 Å². The van der Waals surface area contributed by atoms with Crippen molar-refractivity contribution in [3.63, 3.8) is 0 Å². The average Bonchev–Trinajstić information content (AvgIpc) is 2.52. The van der Waals surface area contributed by atoms with Gasteiger partial charge in [-0.1, -0.05) is 12.1 Å². The monoisotopic (exact) mass is 348 g/mol. The Morgan fingerprint density at radius 3 is 2.71 bits per heavy atom. The van der Waals surface area contributed by atoms with Crippen molar-refractivity contribution in [3.8, 4) is 5.75 Å². The molecule has 0 atom stereocenters. The Bertz CT molecular complexity index is 575. The molecular formula is C16H17BrN2O2. The van der Waals surface area contributed by atoms with E-state index in [4.69, 9.17) is 4.74 Å². The van der Waals surface area contributed by atoms with Crippen molar-refractivity contribution < 1.29 is 9.53 Å². The minimum atomic E-state index is 0.0301. The van der Waals surface area contributed by atoms with Crippen LogP contribution in [0.2, 0.25) is 0 Å². The van der Waals surface area contributed by atoms with E-state index in [1.54, 1.807) is 12.4 Å². The summed E-state index contributed by atoms with van der Waals surface area (Å²) in [6, 6.07) is 11.4. The summed E-state index contributed by atoms with van der Waals surface area (Å²) in [6.07, 6.45) is 4.57. The van der Waals surface area contributed by atoms with Crippen molar-refractivity contribution in [2.24, 2.45) is 0 Å². The third-order valence-corrected chi connectivity index (χ3v) is 3.54. The summed E-state index contributed by atoms with van der Waals surface area (Å²) in [5, 5.41) is 2.88. The number of carbonyl (C=O) groups excluding carboxylic acids is 1. The van der Waals surface area contributed by atoms with Crippen molar-refractivity contribution in [2.45, 2.75) is 19.4 Å². The van der Waals surface area contributed by atoms with E-state index in [9.17, 15) is 4.79 Å². The smallest absolute Gasteiger partial charge is 0.220 e. The molecule has 5 heteroatoms. The van der Waals surface area contributed by atoms with E-state index in [1.807, 2.05) is 36.4 Å². The maximum Gasteiger partial charge on any atom is 0.220 e. The van der Waals surface area contributed by atoms with Crippen LogP contribution in [-0.2, 0) is 11.3 Å². The SMILES string of the molecule is O=C(CCCOc1ccccc1Br)NCc1ccncc1. The molecule has 0 aliphatic carbocycles. The number of hydrogen-bond donors (Lipinski definition) is 1. The number of benzene rings is 1. The Labute approximate surface area is 132 Å². The van der Waals surface area contributed by atoms with Gasteiger partial charge in [0.1, 0.15) is 5.75 Å². The first kappa shape index (κ1) is 15.5. The van der Waals surface area contributed by atoms with Gasteiger partial charge in [-0.3, -0.25) is 9.78 Å². The largest absolute Gasteiger partial charge is 0.492 e. The molecule has 1 aromatic heterocycles. The Kier molecular flexibility index (Phi) is 6.22. The van der Waals surface area contributed by atoms with Crippen molar-refractivity contribution in [1.82, 2.24) is 10.3 Å². The minimum absolute atomic E-state index is 0.0301. The second-order valence-corrected chi connectivity index (χ2v) is 5.37.